The van der Waals surface area contributed by atoms with Crippen LogP contribution in [0.15, 0.2) is 78.9 Å². The number of ether oxygens (including phenoxy) is 2. The van der Waals surface area contributed by atoms with E-state index in [2.05, 4.69) is 10.6 Å². The molecular formula is C29H33N3O5. The summed E-state index contributed by atoms with van der Waals surface area (Å²) in [7, 11) is 0. The summed E-state index contributed by atoms with van der Waals surface area (Å²) in [5.74, 6) is -0.896. The minimum absolute atomic E-state index is 0.0250. The molecule has 3 amide bonds. The molecule has 4 N–H and O–H groups in total. The highest BCUT2D eigenvalue weighted by Gasteiger charge is 2.24. The normalized spacial score (nSPS) is 11.9. The lowest BCUT2D eigenvalue weighted by molar-refractivity contribution is -0.125. The number of carbonyl (C=O) groups is 3. The van der Waals surface area contributed by atoms with E-state index in [9.17, 15) is 14.4 Å². The topological polar surface area (TPSA) is 120 Å². The van der Waals surface area contributed by atoms with Gasteiger partial charge in [0, 0.05) is 12.1 Å². The monoisotopic (exact) mass is 503 g/mol. The van der Waals surface area contributed by atoms with E-state index in [1.807, 2.05) is 66.7 Å². The van der Waals surface area contributed by atoms with E-state index in [1.165, 1.54) is 0 Å². The first-order valence-electron chi connectivity index (χ1n) is 12.0. The summed E-state index contributed by atoms with van der Waals surface area (Å²) in [5.41, 5.74) is 8.60. The summed E-state index contributed by atoms with van der Waals surface area (Å²) in [4.78, 5) is 37.0. The second kappa shape index (κ2) is 12.7. The molecule has 8 heteroatoms. The number of carbonyl (C=O) groups excluding carboxylic acids is 3. The molecule has 0 fully saturated rings. The van der Waals surface area contributed by atoms with Gasteiger partial charge in [-0.2, -0.15) is 0 Å². The van der Waals surface area contributed by atoms with Gasteiger partial charge in [-0.05, 0) is 49.1 Å². The minimum Gasteiger partial charge on any atom is -0.444 e. The van der Waals surface area contributed by atoms with E-state index in [4.69, 9.17) is 15.2 Å². The highest BCUT2D eigenvalue weighted by Crippen LogP contribution is 2.23. The molecule has 3 aromatic carbocycles. The van der Waals surface area contributed by atoms with Crippen molar-refractivity contribution in [2.45, 2.75) is 45.6 Å². The molecule has 0 spiro atoms. The molecule has 8 nitrogen and oxygen atoms in total. The SMILES string of the molecule is CC(C)(C)OC(=O)N[C@H](COCc1ccccc1)C(=O)NCc1ccc(-c2ccccc2C(N)=O)cc1. The number of rotatable bonds is 10. The minimum atomic E-state index is -0.944. The third kappa shape index (κ3) is 8.77. The molecule has 0 aliphatic carbocycles. The molecule has 1 atom stereocenters. The third-order valence-electron chi connectivity index (χ3n) is 5.33. The predicted molar refractivity (Wildman–Crippen MR) is 141 cm³/mol. The summed E-state index contributed by atoms with van der Waals surface area (Å²) in [6.45, 7) is 5.76. The first-order valence-corrected chi connectivity index (χ1v) is 12.0. The average Bonchev–Trinajstić information content (AvgIpc) is 2.86. The molecule has 3 aromatic rings. The van der Waals surface area contributed by atoms with Crippen LogP contribution in [0.5, 0.6) is 0 Å². The maximum Gasteiger partial charge on any atom is 0.408 e. The van der Waals surface area contributed by atoms with Gasteiger partial charge >= 0.3 is 6.09 Å². The van der Waals surface area contributed by atoms with Crippen LogP contribution < -0.4 is 16.4 Å². The van der Waals surface area contributed by atoms with Crippen LogP contribution in [-0.2, 0) is 27.4 Å². The van der Waals surface area contributed by atoms with Crippen molar-refractivity contribution in [3.8, 4) is 11.1 Å². The van der Waals surface area contributed by atoms with Gasteiger partial charge in [0.25, 0.3) is 0 Å². The van der Waals surface area contributed by atoms with Gasteiger partial charge in [-0.3, -0.25) is 9.59 Å². The van der Waals surface area contributed by atoms with Crippen LogP contribution >= 0.6 is 0 Å². The van der Waals surface area contributed by atoms with E-state index >= 15 is 0 Å². The standard InChI is InChI=1S/C29H33N3O5/c1-29(2,3)37-28(35)32-25(19-36-18-21-9-5-4-6-10-21)27(34)31-17-20-13-15-22(16-14-20)23-11-7-8-12-24(23)26(30)33/h4-16,25H,17-19H2,1-3H3,(H2,30,33)(H,31,34)(H,32,35)/t25-/m1/s1. The van der Waals surface area contributed by atoms with E-state index in [1.54, 1.807) is 32.9 Å². The Balaban J connectivity index is 1.63. The van der Waals surface area contributed by atoms with Gasteiger partial charge in [0.1, 0.15) is 11.6 Å². The smallest absolute Gasteiger partial charge is 0.408 e. The van der Waals surface area contributed by atoms with Crippen LogP contribution in [0.3, 0.4) is 0 Å². The Morgan fingerprint density at radius 3 is 2.16 bits per heavy atom. The lowest BCUT2D eigenvalue weighted by Gasteiger charge is -2.23. The lowest BCUT2D eigenvalue weighted by atomic mass is 9.98. The number of hydrogen-bond acceptors (Lipinski definition) is 5. The van der Waals surface area contributed by atoms with Crippen molar-refractivity contribution < 1.29 is 23.9 Å². The summed E-state index contributed by atoms with van der Waals surface area (Å²) < 4.78 is 11.0. The van der Waals surface area contributed by atoms with Crippen LogP contribution in [0.2, 0.25) is 0 Å². The molecule has 0 bridgehead atoms. The second-order valence-electron chi connectivity index (χ2n) is 9.52. The van der Waals surface area contributed by atoms with Gasteiger partial charge in [0.05, 0.1) is 13.2 Å². The molecule has 0 aliphatic rings. The Kier molecular flexibility index (Phi) is 9.40. The molecule has 194 valence electrons. The summed E-state index contributed by atoms with van der Waals surface area (Å²) in [5, 5.41) is 5.44. The highest BCUT2D eigenvalue weighted by atomic mass is 16.6. The Morgan fingerprint density at radius 2 is 1.51 bits per heavy atom. The summed E-state index contributed by atoms with van der Waals surface area (Å²) >= 11 is 0. The molecule has 0 saturated heterocycles. The van der Waals surface area contributed by atoms with E-state index in [0.717, 1.165) is 22.3 Å². The van der Waals surface area contributed by atoms with Crippen molar-refractivity contribution in [2.75, 3.05) is 6.61 Å². The van der Waals surface area contributed by atoms with Crippen LogP contribution in [-0.4, -0.2) is 36.2 Å². The number of benzene rings is 3. The largest absolute Gasteiger partial charge is 0.444 e. The number of hydrogen-bond donors (Lipinski definition) is 3. The zero-order chi connectivity index (χ0) is 26.8. The maximum absolute atomic E-state index is 13.0. The Hall–Kier alpha value is -4.17. The molecule has 0 aliphatic heterocycles. The van der Waals surface area contributed by atoms with Crippen LogP contribution in [0.25, 0.3) is 11.1 Å². The van der Waals surface area contributed by atoms with Gasteiger partial charge in [-0.1, -0.05) is 72.8 Å². The zero-order valence-electron chi connectivity index (χ0n) is 21.3. The van der Waals surface area contributed by atoms with Crippen molar-refractivity contribution in [3.63, 3.8) is 0 Å². The second-order valence-corrected chi connectivity index (χ2v) is 9.52. The molecule has 0 heterocycles. The van der Waals surface area contributed by atoms with E-state index < -0.39 is 29.6 Å². The van der Waals surface area contributed by atoms with Crippen molar-refractivity contribution in [1.82, 2.24) is 10.6 Å². The third-order valence-corrected chi connectivity index (χ3v) is 5.33. The quantitative estimate of drug-likeness (QED) is 0.383. The molecule has 0 aromatic heterocycles. The highest BCUT2D eigenvalue weighted by molar-refractivity contribution is 5.99. The average molecular weight is 504 g/mol. The molecule has 3 rings (SSSR count). The zero-order valence-corrected chi connectivity index (χ0v) is 21.3. The molecule has 0 unspecified atom stereocenters. The van der Waals surface area contributed by atoms with E-state index in [0.29, 0.717) is 12.2 Å². The van der Waals surface area contributed by atoms with Crippen molar-refractivity contribution in [2.24, 2.45) is 5.73 Å². The number of primary amides is 1. The van der Waals surface area contributed by atoms with Crippen LogP contribution in [0, 0.1) is 0 Å². The van der Waals surface area contributed by atoms with Crippen LogP contribution in [0.4, 0.5) is 4.79 Å². The van der Waals surface area contributed by atoms with E-state index in [-0.39, 0.29) is 13.2 Å². The Labute approximate surface area is 217 Å². The number of amides is 3. The summed E-state index contributed by atoms with van der Waals surface area (Å²) in [6, 6.07) is 23.2. The lowest BCUT2D eigenvalue weighted by Crippen LogP contribution is -2.50. The Bertz CT molecular complexity index is 1200. The molecular weight excluding hydrogens is 470 g/mol. The molecule has 0 radical (unpaired) electrons. The summed E-state index contributed by atoms with van der Waals surface area (Å²) in [6.07, 6.45) is -0.701. The van der Waals surface area contributed by atoms with Gasteiger partial charge in [-0.15, -0.1) is 0 Å². The predicted octanol–water partition coefficient (Wildman–Crippen LogP) is 4.18. The van der Waals surface area contributed by atoms with Gasteiger partial charge in [0.15, 0.2) is 0 Å². The van der Waals surface area contributed by atoms with Gasteiger partial charge < -0.3 is 25.8 Å². The fourth-order valence-corrected chi connectivity index (χ4v) is 3.57. The molecule has 37 heavy (non-hydrogen) atoms. The van der Waals surface area contributed by atoms with Crippen molar-refractivity contribution in [3.05, 3.63) is 95.6 Å². The van der Waals surface area contributed by atoms with Crippen molar-refractivity contribution in [1.29, 1.82) is 0 Å². The Morgan fingerprint density at radius 1 is 0.865 bits per heavy atom. The van der Waals surface area contributed by atoms with Gasteiger partial charge in [0.2, 0.25) is 11.8 Å². The fourth-order valence-electron chi connectivity index (χ4n) is 3.57. The van der Waals surface area contributed by atoms with Gasteiger partial charge in [-0.25, -0.2) is 4.79 Å². The first kappa shape index (κ1) is 27.4. The first-order chi connectivity index (χ1) is 17.6. The number of alkyl carbamates (subject to hydrolysis) is 1. The molecule has 0 saturated carbocycles. The van der Waals surface area contributed by atoms with Crippen molar-refractivity contribution >= 4 is 17.9 Å². The van der Waals surface area contributed by atoms with Crippen LogP contribution in [0.1, 0.15) is 42.3 Å². The maximum atomic E-state index is 13.0. The number of nitrogens with one attached hydrogen (secondary N) is 2. The fraction of sp³-hybridized carbons (Fsp3) is 0.276. The number of nitrogens with two attached hydrogens (primary N) is 1.